The Bertz CT molecular complexity index is 1120. The van der Waals surface area contributed by atoms with Gasteiger partial charge in [-0.05, 0) is 42.0 Å². The molecule has 0 saturated carbocycles. The molecule has 0 N–H and O–H groups in total. The molecule has 0 fully saturated rings. The van der Waals surface area contributed by atoms with Gasteiger partial charge in [-0.2, -0.15) is 0 Å². The fourth-order valence-electron chi connectivity index (χ4n) is 3.14. The fraction of sp³-hybridized carbons (Fsp3) is 0.0833. The van der Waals surface area contributed by atoms with E-state index in [1.165, 1.54) is 36.4 Å². The fourth-order valence-corrected chi connectivity index (χ4v) is 3.14. The molecule has 0 spiro atoms. The number of ether oxygens (including phenoxy) is 2. The van der Waals surface area contributed by atoms with Crippen LogP contribution in [0.4, 0.5) is 0 Å². The maximum Gasteiger partial charge on any atom is 0.338 e. The van der Waals surface area contributed by atoms with Crippen molar-refractivity contribution in [2.24, 2.45) is 0 Å². The molecule has 1 aliphatic heterocycles. The van der Waals surface area contributed by atoms with Crippen molar-refractivity contribution in [1.29, 1.82) is 0 Å². The Morgan fingerprint density at radius 3 is 1.94 bits per heavy atom. The second-order valence-corrected chi connectivity index (χ2v) is 6.80. The zero-order valence-electron chi connectivity index (χ0n) is 16.3. The largest absolute Gasteiger partial charge is 0.457 e. The topological polar surface area (TPSA) is 90.0 Å². The Balaban J connectivity index is 1.33. The zero-order chi connectivity index (χ0) is 21.8. The Kier molecular flexibility index (Phi) is 5.57. The van der Waals surface area contributed by atoms with Crippen LogP contribution in [0.2, 0.25) is 0 Å². The third-order valence-electron chi connectivity index (χ3n) is 4.70. The number of carbonyl (C=O) groups is 4. The summed E-state index contributed by atoms with van der Waals surface area (Å²) >= 11 is 0. The quantitative estimate of drug-likeness (QED) is 0.349. The highest BCUT2D eigenvalue weighted by Crippen LogP contribution is 2.22. The van der Waals surface area contributed by atoms with Crippen molar-refractivity contribution < 1.29 is 28.7 Å². The summed E-state index contributed by atoms with van der Waals surface area (Å²) in [6, 6.07) is 21.5. The van der Waals surface area contributed by atoms with Crippen molar-refractivity contribution in [3.63, 3.8) is 0 Å². The molecule has 0 radical (unpaired) electrons. The van der Waals surface area contributed by atoms with E-state index in [0.717, 1.165) is 10.5 Å². The van der Waals surface area contributed by atoms with Gasteiger partial charge in [0.1, 0.15) is 18.9 Å². The summed E-state index contributed by atoms with van der Waals surface area (Å²) < 4.78 is 10.4. The number of rotatable bonds is 6. The maximum atomic E-state index is 12.3. The standard InChI is InChI=1S/C24H17NO6/c26-21(14-25-22(27)19-8-4-5-9-20(19)23(25)28)31-18-12-10-17(11-13-18)24(29)30-15-16-6-2-1-3-7-16/h1-13H,14-15H2. The van der Waals surface area contributed by atoms with Gasteiger partial charge in [-0.15, -0.1) is 0 Å². The summed E-state index contributed by atoms with van der Waals surface area (Å²) in [6.45, 7) is -0.357. The van der Waals surface area contributed by atoms with Crippen molar-refractivity contribution in [2.75, 3.05) is 6.54 Å². The van der Waals surface area contributed by atoms with E-state index in [1.54, 1.807) is 12.1 Å². The average molecular weight is 415 g/mol. The van der Waals surface area contributed by atoms with Crippen molar-refractivity contribution in [3.05, 3.63) is 101 Å². The molecule has 31 heavy (non-hydrogen) atoms. The SMILES string of the molecule is O=C(CN1C(=O)c2ccccc2C1=O)Oc1ccc(C(=O)OCc2ccccc2)cc1. The van der Waals surface area contributed by atoms with Gasteiger partial charge in [0.15, 0.2) is 0 Å². The summed E-state index contributed by atoms with van der Waals surface area (Å²) in [5.74, 6) is -2.16. The molecule has 7 heteroatoms. The summed E-state index contributed by atoms with van der Waals surface area (Å²) in [5.41, 5.74) is 1.70. The third-order valence-corrected chi connectivity index (χ3v) is 4.70. The Labute approximate surface area is 177 Å². The van der Waals surface area contributed by atoms with E-state index in [2.05, 4.69) is 0 Å². The molecule has 2 amide bonds. The number of imide groups is 1. The van der Waals surface area contributed by atoms with Gasteiger partial charge in [-0.1, -0.05) is 42.5 Å². The molecule has 0 aromatic heterocycles. The first kappa shape index (κ1) is 20.0. The lowest BCUT2D eigenvalue weighted by molar-refractivity contribution is -0.134. The minimum Gasteiger partial charge on any atom is -0.457 e. The Hall–Kier alpha value is -4.26. The van der Waals surface area contributed by atoms with Gasteiger partial charge in [0, 0.05) is 0 Å². The molecule has 4 rings (SSSR count). The van der Waals surface area contributed by atoms with Gasteiger partial charge in [0.05, 0.1) is 16.7 Å². The van der Waals surface area contributed by atoms with Crippen LogP contribution in [0.25, 0.3) is 0 Å². The minimum absolute atomic E-state index is 0.149. The Morgan fingerprint density at radius 2 is 1.32 bits per heavy atom. The molecule has 0 unspecified atom stereocenters. The monoisotopic (exact) mass is 415 g/mol. The van der Waals surface area contributed by atoms with Gasteiger partial charge in [-0.25, -0.2) is 9.59 Å². The number of benzene rings is 3. The molecule has 0 atom stereocenters. The second-order valence-electron chi connectivity index (χ2n) is 6.80. The Morgan fingerprint density at radius 1 is 0.742 bits per heavy atom. The van der Waals surface area contributed by atoms with E-state index in [1.807, 2.05) is 30.3 Å². The third kappa shape index (κ3) is 4.35. The highest BCUT2D eigenvalue weighted by molar-refractivity contribution is 6.22. The van der Waals surface area contributed by atoms with Crippen LogP contribution in [0.15, 0.2) is 78.9 Å². The first-order valence-corrected chi connectivity index (χ1v) is 9.50. The van der Waals surface area contributed by atoms with Crippen LogP contribution in [-0.2, 0) is 16.1 Å². The van der Waals surface area contributed by atoms with Crippen molar-refractivity contribution in [1.82, 2.24) is 4.90 Å². The first-order valence-electron chi connectivity index (χ1n) is 9.50. The van der Waals surface area contributed by atoms with Gasteiger partial charge in [0.25, 0.3) is 11.8 Å². The number of amides is 2. The smallest absolute Gasteiger partial charge is 0.338 e. The number of carbonyl (C=O) groups excluding carboxylic acids is 4. The molecule has 3 aromatic rings. The van der Waals surface area contributed by atoms with E-state index in [9.17, 15) is 19.2 Å². The molecule has 3 aromatic carbocycles. The molecular weight excluding hydrogens is 398 g/mol. The lowest BCUT2D eigenvalue weighted by Gasteiger charge is -2.13. The molecule has 1 heterocycles. The predicted octanol–water partition coefficient (Wildman–Crippen LogP) is 3.25. The zero-order valence-corrected chi connectivity index (χ0v) is 16.3. The normalized spacial score (nSPS) is 12.5. The second kappa shape index (κ2) is 8.62. The molecule has 0 saturated heterocycles. The van der Waals surface area contributed by atoms with E-state index < -0.39 is 30.3 Å². The van der Waals surface area contributed by atoms with E-state index >= 15 is 0 Å². The van der Waals surface area contributed by atoms with Crippen molar-refractivity contribution >= 4 is 23.8 Å². The molecular formula is C24H17NO6. The first-order chi connectivity index (χ1) is 15.0. The number of fused-ring (bicyclic) bond motifs is 1. The predicted molar refractivity (Wildman–Crippen MR) is 109 cm³/mol. The molecule has 1 aliphatic rings. The van der Waals surface area contributed by atoms with Crippen molar-refractivity contribution in [2.45, 2.75) is 6.61 Å². The summed E-state index contributed by atoms with van der Waals surface area (Å²) in [6.07, 6.45) is 0. The number of hydrogen-bond acceptors (Lipinski definition) is 6. The van der Waals surface area contributed by atoms with Crippen LogP contribution in [0.3, 0.4) is 0 Å². The highest BCUT2D eigenvalue weighted by atomic mass is 16.5. The van der Waals surface area contributed by atoms with Crippen LogP contribution < -0.4 is 4.74 Å². The van der Waals surface area contributed by atoms with Crippen LogP contribution >= 0.6 is 0 Å². The summed E-state index contributed by atoms with van der Waals surface area (Å²) in [4.78, 5) is 49.9. The minimum atomic E-state index is -0.770. The highest BCUT2D eigenvalue weighted by Gasteiger charge is 2.36. The number of nitrogens with zero attached hydrogens (tertiary/aromatic N) is 1. The van der Waals surface area contributed by atoms with Gasteiger partial charge in [-0.3, -0.25) is 14.5 Å². The maximum absolute atomic E-state index is 12.3. The number of esters is 2. The van der Waals surface area contributed by atoms with Gasteiger partial charge in [0.2, 0.25) is 0 Å². The summed E-state index contributed by atoms with van der Waals surface area (Å²) in [5, 5.41) is 0. The van der Waals surface area contributed by atoms with Crippen LogP contribution in [0, 0.1) is 0 Å². The van der Waals surface area contributed by atoms with Crippen LogP contribution in [0.5, 0.6) is 5.75 Å². The lowest BCUT2D eigenvalue weighted by atomic mass is 10.1. The molecule has 0 bridgehead atoms. The van der Waals surface area contributed by atoms with Crippen molar-refractivity contribution in [3.8, 4) is 5.75 Å². The molecule has 7 nitrogen and oxygen atoms in total. The van der Waals surface area contributed by atoms with Crippen LogP contribution in [-0.4, -0.2) is 35.2 Å². The van der Waals surface area contributed by atoms with Gasteiger partial charge < -0.3 is 9.47 Å². The van der Waals surface area contributed by atoms with E-state index in [0.29, 0.717) is 5.56 Å². The van der Waals surface area contributed by atoms with E-state index in [-0.39, 0.29) is 23.5 Å². The van der Waals surface area contributed by atoms with Gasteiger partial charge >= 0.3 is 11.9 Å². The number of hydrogen-bond donors (Lipinski definition) is 0. The molecule has 154 valence electrons. The summed E-state index contributed by atoms with van der Waals surface area (Å²) in [7, 11) is 0. The lowest BCUT2D eigenvalue weighted by Crippen LogP contribution is -2.36. The average Bonchev–Trinajstić information content (AvgIpc) is 3.03. The van der Waals surface area contributed by atoms with Crippen LogP contribution in [0.1, 0.15) is 36.6 Å². The molecule has 0 aliphatic carbocycles. The van der Waals surface area contributed by atoms with E-state index in [4.69, 9.17) is 9.47 Å².